The Balaban J connectivity index is 2.23. The monoisotopic (exact) mass is 223 g/mol. The Morgan fingerprint density at radius 1 is 1.33 bits per heavy atom. The van der Waals surface area contributed by atoms with Crippen LogP contribution in [0.2, 0.25) is 5.22 Å². The molecule has 0 atom stereocenters. The highest BCUT2D eigenvalue weighted by molar-refractivity contribution is 6.29. The van der Waals surface area contributed by atoms with Gasteiger partial charge >= 0.3 is 0 Å². The Morgan fingerprint density at radius 3 is 2.60 bits per heavy atom. The first-order valence-electron chi connectivity index (χ1n) is 4.65. The Kier molecular flexibility index (Phi) is 2.92. The number of halogens is 1. The van der Waals surface area contributed by atoms with Gasteiger partial charge in [0.15, 0.2) is 0 Å². The summed E-state index contributed by atoms with van der Waals surface area (Å²) in [6, 6.07) is 9.29. The Bertz CT molecular complexity index is 436. The maximum atomic E-state index is 5.64. The Hall–Kier alpha value is -1.48. The molecule has 1 aromatic heterocycles. The zero-order valence-electron chi connectivity index (χ0n) is 8.24. The lowest BCUT2D eigenvalue weighted by atomic mass is 10.1. The lowest BCUT2D eigenvalue weighted by molar-refractivity contribution is 0.340. The van der Waals surface area contributed by atoms with E-state index in [1.807, 2.05) is 31.2 Å². The molecule has 2 rings (SSSR count). The molecule has 0 saturated heterocycles. The molecule has 0 aliphatic rings. The molecule has 0 bridgehead atoms. The van der Waals surface area contributed by atoms with Crippen LogP contribution >= 0.6 is 11.6 Å². The van der Waals surface area contributed by atoms with Crippen molar-refractivity contribution in [1.82, 2.24) is 5.16 Å². The highest BCUT2D eigenvalue weighted by Gasteiger charge is 2.04. The van der Waals surface area contributed by atoms with Gasteiger partial charge in [0, 0.05) is 11.6 Å². The molecule has 0 aliphatic heterocycles. The number of ether oxygens (including phenoxy) is 1. The third-order valence-corrected chi connectivity index (χ3v) is 2.12. The topological polar surface area (TPSA) is 35.3 Å². The molecule has 2 aromatic rings. The standard InChI is InChI=1S/C11H10ClNO2/c1-2-14-9-5-3-8(4-6-9)10-7-11(12)15-13-10/h3-7H,2H2,1H3. The molecule has 78 valence electrons. The number of hydrogen-bond acceptors (Lipinski definition) is 3. The number of hydrogen-bond donors (Lipinski definition) is 0. The molecule has 0 fully saturated rings. The molecule has 0 aliphatic carbocycles. The van der Waals surface area contributed by atoms with E-state index in [1.165, 1.54) is 0 Å². The number of aromatic nitrogens is 1. The van der Waals surface area contributed by atoms with Crippen LogP contribution in [-0.2, 0) is 0 Å². The summed E-state index contributed by atoms with van der Waals surface area (Å²) in [6.07, 6.45) is 0. The molecule has 0 spiro atoms. The third kappa shape index (κ3) is 2.30. The van der Waals surface area contributed by atoms with Gasteiger partial charge in [-0.25, -0.2) is 0 Å². The average Bonchev–Trinajstić information content (AvgIpc) is 2.67. The van der Waals surface area contributed by atoms with Gasteiger partial charge in [-0.05, 0) is 42.8 Å². The van der Waals surface area contributed by atoms with Gasteiger partial charge < -0.3 is 9.26 Å². The zero-order chi connectivity index (χ0) is 10.7. The van der Waals surface area contributed by atoms with Crippen molar-refractivity contribution >= 4 is 11.6 Å². The molecule has 1 heterocycles. The summed E-state index contributed by atoms with van der Waals surface area (Å²) in [5.41, 5.74) is 1.68. The number of nitrogens with zero attached hydrogens (tertiary/aromatic N) is 1. The molecule has 3 nitrogen and oxygen atoms in total. The van der Waals surface area contributed by atoms with Crippen molar-refractivity contribution in [2.24, 2.45) is 0 Å². The molecule has 0 N–H and O–H groups in total. The van der Waals surface area contributed by atoms with E-state index in [1.54, 1.807) is 6.07 Å². The van der Waals surface area contributed by atoms with Crippen LogP contribution in [0.5, 0.6) is 5.75 Å². The smallest absolute Gasteiger partial charge is 0.226 e. The second kappa shape index (κ2) is 4.36. The van der Waals surface area contributed by atoms with Crippen LogP contribution in [0.1, 0.15) is 6.92 Å². The Morgan fingerprint density at radius 2 is 2.07 bits per heavy atom. The molecular weight excluding hydrogens is 214 g/mol. The van der Waals surface area contributed by atoms with Crippen molar-refractivity contribution in [1.29, 1.82) is 0 Å². The summed E-state index contributed by atoms with van der Waals surface area (Å²) in [6.45, 7) is 2.61. The molecule has 0 unspecified atom stereocenters. The van der Waals surface area contributed by atoms with Gasteiger partial charge in [-0.2, -0.15) is 0 Å². The molecule has 4 heteroatoms. The van der Waals surface area contributed by atoms with E-state index in [0.29, 0.717) is 11.8 Å². The number of rotatable bonds is 3. The molecule has 1 aromatic carbocycles. The largest absolute Gasteiger partial charge is 0.494 e. The highest BCUT2D eigenvalue weighted by atomic mass is 35.5. The van der Waals surface area contributed by atoms with Crippen LogP contribution < -0.4 is 4.74 Å². The van der Waals surface area contributed by atoms with Crippen molar-refractivity contribution in [2.75, 3.05) is 6.61 Å². The first kappa shape index (κ1) is 10.1. The van der Waals surface area contributed by atoms with Gasteiger partial charge in [0.2, 0.25) is 5.22 Å². The number of benzene rings is 1. The summed E-state index contributed by atoms with van der Waals surface area (Å²) < 4.78 is 10.1. The molecule has 0 saturated carbocycles. The lowest BCUT2D eigenvalue weighted by Gasteiger charge is -2.02. The van der Waals surface area contributed by atoms with Crippen molar-refractivity contribution in [3.05, 3.63) is 35.6 Å². The average molecular weight is 224 g/mol. The van der Waals surface area contributed by atoms with Crippen molar-refractivity contribution < 1.29 is 9.26 Å². The second-order valence-electron chi connectivity index (χ2n) is 2.97. The van der Waals surface area contributed by atoms with Gasteiger partial charge in [0.1, 0.15) is 11.4 Å². The molecule has 0 amide bonds. The third-order valence-electron chi connectivity index (χ3n) is 1.94. The summed E-state index contributed by atoms with van der Waals surface area (Å²) in [5, 5.41) is 4.10. The second-order valence-corrected chi connectivity index (χ2v) is 3.35. The quantitative estimate of drug-likeness (QED) is 0.800. The SMILES string of the molecule is CCOc1ccc(-c2cc(Cl)on2)cc1. The zero-order valence-corrected chi connectivity index (χ0v) is 8.99. The van der Waals surface area contributed by atoms with Gasteiger partial charge in [-0.3, -0.25) is 0 Å². The summed E-state index contributed by atoms with van der Waals surface area (Å²) in [4.78, 5) is 0. The summed E-state index contributed by atoms with van der Waals surface area (Å²) >= 11 is 5.64. The van der Waals surface area contributed by atoms with Crippen molar-refractivity contribution in [3.63, 3.8) is 0 Å². The summed E-state index contributed by atoms with van der Waals surface area (Å²) in [5.74, 6) is 0.843. The van der Waals surface area contributed by atoms with Crippen LogP contribution in [-0.4, -0.2) is 11.8 Å². The fourth-order valence-corrected chi connectivity index (χ4v) is 1.42. The molecular formula is C11H10ClNO2. The first-order valence-corrected chi connectivity index (χ1v) is 5.03. The maximum absolute atomic E-state index is 5.64. The van der Waals surface area contributed by atoms with Gasteiger partial charge in [0.25, 0.3) is 0 Å². The van der Waals surface area contributed by atoms with E-state index in [9.17, 15) is 0 Å². The molecule has 0 radical (unpaired) electrons. The Labute approximate surface area is 92.6 Å². The van der Waals surface area contributed by atoms with E-state index in [2.05, 4.69) is 5.16 Å². The fraction of sp³-hybridized carbons (Fsp3) is 0.182. The highest BCUT2D eigenvalue weighted by Crippen LogP contribution is 2.23. The van der Waals surface area contributed by atoms with Crippen LogP contribution in [0.3, 0.4) is 0 Å². The van der Waals surface area contributed by atoms with E-state index in [0.717, 1.165) is 17.0 Å². The predicted molar refractivity (Wildman–Crippen MR) is 58.1 cm³/mol. The fourth-order valence-electron chi connectivity index (χ4n) is 1.28. The van der Waals surface area contributed by atoms with Crippen molar-refractivity contribution in [2.45, 2.75) is 6.92 Å². The van der Waals surface area contributed by atoms with Crippen LogP contribution in [0.15, 0.2) is 34.9 Å². The minimum absolute atomic E-state index is 0.291. The minimum atomic E-state index is 0.291. The van der Waals surface area contributed by atoms with E-state index in [4.69, 9.17) is 20.9 Å². The van der Waals surface area contributed by atoms with E-state index < -0.39 is 0 Å². The van der Waals surface area contributed by atoms with Gasteiger partial charge in [-0.1, -0.05) is 5.16 Å². The minimum Gasteiger partial charge on any atom is -0.494 e. The predicted octanol–water partition coefficient (Wildman–Crippen LogP) is 3.39. The van der Waals surface area contributed by atoms with Gasteiger partial charge in [-0.15, -0.1) is 0 Å². The van der Waals surface area contributed by atoms with Gasteiger partial charge in [0.05, 0.1) is 6.61 Å². The maximum Gasteiger partial charge on any atom is 0.226 e. The van der Waals surface area contributed by atoms with E-state index >= 15 is 0 Å². The summed E-state index contributed by atoms with van der Waals surface area (Å²) in [7, 11) is 0. The van der Waals surface area contributed by atoms with Crippen LogP contribution in [0.4, 0.5) is 0 Å². The first-order chi connectivity index (χ1) is 7.29. The van der Waals surface area contributed by atoms with Crippen molar-refractivity contribution in [3.8, 4) is 17.0 Å². The lowest BCUT2D eigenvalue weighted by Crippen LogP contribution is -1.90. The normalized spacial score (nSPS) is 10.3. The van der Waals surface area contributed by atoms with E-state index in [-0.39, 0.29) is 0 Å². The van der Waals surface area contributed by atoms with Crippen LogP contribution in [0, 0.1) is 0 Å². The molecule has 15 heavy (non-hydrogen) atoms. The van der Waals surface area contributed by atoms with Crippen LogP contribution in [0.25, 0.3) is 11.3 Å².